The van der Waals surface area contributed by atoms with Crippen LogP contribution in [0.15, 0.2) is 24.3 Å². The van der Waals surface area contributed by atoms with Gasteiger partial charge in [-0.1, -0.05) is 39.3 Å². The van der Waals surface area contributed by atoms with Crippen LogP contribution in [0, 0.1) is 5.41 Å². The van der Waals surface area contributed by atoms with Crippen molar-refractivity contribution >= 4 is 28.8 Å². The van der Waals surface area contributed by atoms with E-state index in [1.54, 1.807) is 0 Å². The van der Waals surface area contributed by atoms with Crippen LogP contribution in [-0.2, 0) is 0 Å². The Kier molecular flexibility index (Phi) is 4.77. The van der Waals surface area contributed by atoms with Crippen LogP contribution in [0.3, 0.4) is 0 Å². The van der Waals surface area contributed by atoms with E-state index >= 15 is 0 Å². The second-order valence-electron chi connectivity index (χ2n) is 4.54. The fourth-order valence-electron chi connectivity index (χ4n) is 1.82. The standard InChI is InChI=1S/C13H17IO2/c1-4-9-13(2,3)12(15)10-7-5-6-8-11(10)16-14/h5-8H,4,9H2,1-3H3. The van der Waals surface area contributed by atoms with Gasteiger partial charge in [-0.2, -0.15) is 0 Å². The van der Waals surface area contributed by atoms with Gasteiger partial charge in [-0.25, -0.2) is 0 Å². The summed E-state index contributed by atoms with van der Waals surface area (Å²) in [6.07, 6.45) is 1.90. The van der Waals surface area contributed by atoms with Crippen LogP contribution >= 0.6 is 23.0 Å². The van der Waals surface area contributed by atoms with Crippen LogP contribution in [0.4, 0.5) is 0 Å². The molecule has 1 rings (SSSR count). The van der Waals surface area contributed by atoms with Crippen molar-refractivity contribution in [3.63, 3.8) is 0 Å². The predicted molar refractivity (Wildman–Crippen MR) is 74.1 cm³/mol. The van der Waals surface area contributed by atoms with Gasteiger partial charge in [-0.05, 0) is 18.6 Å². The molecule has 16 heavy (non-hydrogen) atoms. The first-order valence-corrected chi connectivity index (χ1v) is 6.33. The Bertz CT molecular complexity index is 372. The predicted octanol–water partition coefficient (Wildman–Crippen LogP) is 4.42. The summed E-state index contributed by atoms with van der Waals surface area (Å²) >= 11 is 1.81. The maximum absolute atomic E-state index is 12.4. The zero-order chi connectivity index (χ0) is 12.2. The Hall–Kier alpha value is -0.580. The van der Waals surface area contributed by atoms with Crippen molar-refractivity contribution in [2.75, 3.05) is 0 Å². The van der Waals surface area contributed by atoms with Crippen molar-refractivity contribution in [1.29, 1.82) is 0 Å². The maximum Gasteiger partial charge on any atom is 0.192 e. The summed E-state index contributed by atoms with van der Waals surface area (Å²) in [6, 6.07) is 7.39. The van der Waals surface area contributed by atoms with E-state index in [1.165, 1.54) is 0 Å². The number of rotatable bonds is 5. The van der Waals surface area contributed by atoms with Crippen LogP contribution in [0.2, 0.25) is 0 Å². The van der Waals surface area contributed by atoms with Gasteiger partial charge in [-0.15, -0.1) is 0 Å². The Labute approximate surface area is 111 Å². The molecule has 0 aromatic heterocycles. The van der Waals surface area contributed by atoms with Crippen molar-refractivity contribution in [2.24, 2.45) is 5.41 Å². The van der Waals surface area contributed by atoms with Crippen molar-refractivity contribution in [2.45, 2.75) is 33.6 Å². The lowest BCUT2D eigenvalue weighted by molar-refractivity contribution is 0.0824. The molecule has 88 valence electrons. The molecule has 0 spiro atoms. The van der Waals surface area contributed by atoms with Crippen molar-refractivity contribution in [3.8, 4) is 5.75 Å². The molecule has 0 aliphatic rings. The highest BCUT2D eigenvalue weighted by molar-refractivity contribution is 14.1. The van der Waals surface area contributed by atoms with Gasteiger partial charge in [-0.3, -0.25) is 4.79 Å². The van der Waals surface area contributed by atoms with Gasteiger partial charge < -0.3 is 3.07 Å². The van der Waals surface area contributed by atoms with E-state index in [-0.39, 0.29) is 11.2 Å². The molecule has 1 aromatic carbocycles. The molecular formula is C13H17IO2. The number of benzene rings is 1. The largest absolute Gasteiger partial charge is 0.427 e. The molecule has 0 bridgehead atoms. The number of Topliss-reactive ketones (excluding diaryl/α,β-unsaturated/α-hetero) is 1. The number of hydrogen-bond donors (Lipinski definition) is 0. The maximum atomic E-state index is 12.4. The number of carbonyl (C=O) groups excluding carboxylic acids is 1. The third-order valence-electron chi connectivity index (χ3n) is 2.70. The van der Waals surface area contributed by atoms with Gasteiger partial charge in [0.1, 0.15) is 5.75 Å². The van der Waals surface area contributed by atoms with Crippen LogP contribution in [0.1, 0.15) is 44.0 Å². The van der Waals surface area contributed by atoms with E-state index in [1.807, 2.05) is 61.1 Å². The van der Waals surface area contributed by atoms with Gasteiger partial charge in [0, 0.05) is 5.41 Å². The van der Waals surface area contributed by atoms with Crippen molar-refractivity contribution in [1.82, 2.24) is 0 Å². The Morgan fingerprint density at radius 1 is 1.38 bits per heavy atom. The molecule has 0 fully saturated rings. The summed E-state index contributed by atoms with van der Waals surface area (Å²) in [5.74, 6) is 0.805. The van der Waals surface area contributed by atoms with Crippen molar-refractivity contribution in [3.05, 3.63) is 29.8 Å². The first-order valence-electron chi connectivity index (χ1n) is 5.45. The highest BCUT2D eigenvalue weighted by Crippen LogP contribution is 2.31. The summed E-state index contributed by atoms with van der Waals surface area (Å²) in [5.41, 5.74) is 0.357. The van der Waals surface area contributed by atoms with Crippen LogP contribution in [-0.4, -0.2) is 5.78 Å². The lowest BCUT2D eigenvalue weighted by atomic mass is 9.80. The summed E-state index contributed by atoms with van der Waals surface area (Å²) in [4.78, 5) is 12.4. The Morgan fingerprint density at radius 2 is 2.00 bits per heavy atom. The smallest absolute Gasteiger partial charge is 0.192 e. The average Bonchev–Trinajstić information content (AvgIpc) is 2.28. The lowest BCUT2D eigenvalue weighted by Crippen LogP contribution is -2.24. The fourth-order valence-corrected chi connectivity index (χ4v) is 2.21. The fraction of sp³-hybridized carbons (Fsp3) is 0.462. The van der Waals surface area contributed by atoms with E-state index in [4.69, 9.17) is 3.07 Å². The molecule has 0 saturated carbocycles. The minimum absolute atomic E-state index is 0.154. The number of carbonyl (C=O) groups is 1. The van der Waals surface area contributed by atoms with Gasteiger partial charge in [0.15, 0.2) is 28.8 Å². The van der Waals surface area contributed by atoms with E-state index in [0.29, 0.717) is 11.3 Å². The van der Waals surface area contributed by atoms with Crippen LogP contribution < -0.4 is 3.07 Å². The van der Waals surface area contributed by atoms with Gasteiger partial charge in [0.05, 0.1) is 5.56 Å². The second kappa shape index (κ2) is 5.66. The molecule has 0 amide bonds. The molecule has 0 atom stereocenters. The molecule has 2 nitrogen and oxygen atoms in total. The first-order chi connectivity index (χ1) is 7.53. The quantitative estimate of drug-likeness (QED) is 0.589. The summed E-state index contributed by atoms with van der Waals surface area (Å²) in [5, 5.41) is 0. The summed E-state index contributed by atoms with van der Waals surface area (Å²) in [6.45, 7) is 6.07. The van der Waals surface area contributed by atoms with Gasteiger partial charge in [0.2, 0.25) is 0 Å². The van der Waals surface area contributed by atoms with E-state index < -0.39 is 0 Å². The molecule has 0 aliphatic heterocycles. The third kappa shape index (κ3) is 2.97. The molecule has 0 heterocycles. The lowest BCUT2D eigenvalue weighted by Gasteiger charge is -2.23. The Morgan fingerprint density at radius 3 is 2.56 bits per heavy atom. The highest BCUT2D eigenvalue weighted by atomic mass is 127. The zero-order valence-electron chi connectivity index (χ0n) is 9.92. The molecule has 0 saturated heterocycles. The number of halogens is 1. The molecule has 0 N–H and O–H groups in total. The van der Waals surface area contributed by atoms with Gasteiger partial charge in [0.25, 0.3) is 0 Å². The van der Waals surface area contributed by atoms with E-state index in [0.717, 1.165) is 12.8 Å². The SMILES string of the molecule is CCCC(C)(C)C(=O)c1ccccc1OI. The molecule has 1 aromatic rings. The van der Waals surface area contributed by atoms with Gasteiger partial charge >= 0.3 is 0 Å². The van der Waals surface area contributed by atoms with E-state index in [9.17, 15) is 4.79 Å². The van der Waals surface area contributed by atoms with E-state index in [2.05, 4.69) is 6.92 Å². The normalized spacial score (nSPS) is 11.2. The second-order valence-corrected chi connectivity index (χ2v) is 4.98. The molecule has 0 radical (unpaired) electrons. The number of para-hydroxylation sites is 1. The first kappa shape index (κ1) is 13.5. The monoisotopic (exact) mass is 332 g/mol. The van der Waals surface area contributed by atoms with Crippen LogP contribution in [0.25, 0.3) is 0 Å². The number of hydrogen-bond acceptors (Lipinski definition) is 2. The minimum Gasteiger partial charge on any atom is -0.427 e. The summed E-state index contributed by atoms with van der Waals surface area (Å²) < 4.78 is 5.19. The molecule has 0 unspecified atom stereocenters. The number of ketones is 1. The molecular weight excluding hydrogens is 315 g/mol. The highest BCUT2D eigenvalue weighted by Gasteiger charge is 2.29. The topological polar surface area (TPSA) is 26.3 Å². The van der Waals surface area contributed by atoms with Crippen LogP contribution in [0.5, 0.6) is 5.75 Å². The molecule has 0 aliphatic carbocycles. The van der Waals surface area contributed by atoms with Crippen molar-refractivity contribution < 1.29 is 7.86 Å². The summed E-state index contributed by atoms with van der Waals surface area (Å²) in [7, 11) is 0. The average molecular weight is 332 g/mol. The zero-order valence-corrected chi connectivity index (χ0v) is 12.1. The minimum atomic E-state index is -0.319. The third-order valence-corrected chi connectivity index (χ3v) is 3.18. The Balaban J connectivity index is 3.04. The molecule has 3 heteroatoms.